The number of carbonyl (C=O) groups excluding carboxylic acids is 1. The molecule has 0 aliphatic heterocycles. The Morgan fingerprint density at radius 1 is 1.43 bits per heavy atom. The van der Waals surface area contributed by atoms with E-state index >= 15 is 0 Å². The van der Waals surface area contributed by atoms with Gasteiger partial charge in [-0.1, -0.05) is 13.3 Å². The molecular formula is C16H20N2O2S. The Morgan fingerprint density at radius 3 is 2.86 bits per heavy atom. The van der Waals surface area contributed by atoms with Crippen molar-refractivity contribution in [1.82, 2.24) is 10.3 Å². The molecule has 0 aliphatic rings. The predicted molar refractivity (Wildman–Crippen MR) is 85.5 cm³/mol. The number of aromatic nitrogens is 1. The summed E-state index contributed by atoms with van der Waals surface area (Å²) in [5.74, 6) is -0.188. The van der Waals surface area contributed by atoms with Gasteiger partial charge in [-0.2, -0.15) is 11.3 Å². The minimum atomic E-state index is -0.489. The number of pyridine rings is 1. The van der Waals surface area contributed by atoms with Crippen LogP contribution in [0.5, 0.6) is 0 Å². The molecule has 4 nitrogen and oxygen atoms in total. The molecule has 2 aromatic rings. The van der Waals surface area contributed by atoms with Gasteiger partial charge in [0.05, 0.1) is 23.1 Å². The lowest BCUT2D eigenvalue weighted by Gasteiger charge is -2.12. The van der Waals surface area contributed by atoms with Gasteiger partial charge in [-0.15, -0.1) is 0 Å². The Kier molecular flexibility index (Phi) is 5.47. The molecule has 2 heterocycles. The number of nitrogens with one attached hydrogen (secondary N) is 1. The lowest BCUT2D eigenvalue weighted by Crippen LogP contribution is -2.32. The van der Waals surface area contributed by atoms with Crippen molar-refractivity contribution in [2.75, 3.05) is 6.54 Å². The lowest BCUT2D eigenvalue weighted by molar-refractivity contribution is 0.0909. The average Bonchev–Trinajstić information content (AvgIpc) is 2.99. The molecule has 0 saturated carbocycles. The van der Waals surface area contributed by atoms with Crippen LogP contribution in [0.15, 0.2) is 29.0 Å². The van der Waals surface area contributed by atoms with E-state index in [-0.39, 0.29) is 12.5 Å². The monoisotopic (exact) mass is 304 g/mol. The van der Waals surface area contributed by atoms with Gasteiger partial charge in [0.25, 0.3) is 5.91 Å². The molecule has 0 radical (unpaired) electrons. The van der Waals surface area contributed by atoms with E-state index < -0.39 is 6.10 Å². The minimum Gasteiger partial charge on any atom is -0.391 e. The molecule has 0 aromatic carbocycles. The number of aliphatic hydroxyl groups excluding tert-OH is 1. The Labute approximate surface area is 128 Å². The van der Waals surface area contributed by atoms with Crippen LogP contribution in [0, 0.1) is 6.92 Å². The van der Waals surface area contributed by atoms with E-state index in [1.807, 2.05) is 36.7 Å². The Morgan fingerprint density at radius 2 is 2.24 bits per heavy atom. The highest BCUT2D eigenvalue weighted by molar-refractivity contribution is 7.08. The number of nitrogens with zero attached hydrogens (tertiary/aromatic N) is 1. The van der Waals surface area contributed by atoms with Crippen LogP contribution in [-0.4, -0.2) is 28.6 Å². The first-order valence-corrected chi connectivity index (χ1v) is 8.02. The highest BCUT2D eigenvalue weighted by Gasteiger charge is 2.12. The van der Waals surface area contributed by atoms with Gasteiger partial charge >= 0.3 is 0 Å². The summed E-state index contributed by atoms with van der Waals surface area (Å²) in [6, 6.07) is 5.65. The van der Waals surface area contributed by atoms with Crippen LogP contribution in [0.3, 0.4) is 0 Å². The van der Waals surface area contributed by atoms with Gasteiger partial charge in [0, 0.05) is 17.5 Å². The molecule has 21 heavy (non-hydrogen) atoms. The van der Waals surface area contributed by atoms with Gasteiger partial charge < -0.3 is 10.4 Å². The zero-order chi connectivity index (χ0) is 15.2. The number of rotatable bonds is 6. The quantitative estimate of drug-likeness (QED) is 0.862. The zero-order valence-electron chi connectivity index (χ0n) is 12.3. The maximum Gasteiger partial charge on any atom is 0.253 e. The number of hydrogen-bond donors (Lipinski definition) is 2. The average molecular weight is 304 g/mol. The van der Waals surface area contributed by atoms with E-state index in [4.69, 9.17) is 0 Å². The standard InChI is InChI=1S/C16H20N2O2S/c1-3-4-13(19)9-17-16(20)14-5-6-15(18-11(14)2)12-7-8-21-10-12/h5-8,10,13,19H,3-4,9H2,1-2H3,(H,17,20). The van der Waals surface area contributed by atoms with Crippen LogP contribution in [-0.2, 0) is 0 Å². The summed E-state index contributed by atoms with van der Waals surface area (Å²) in [6.45, 7) is 4.11. The molecule has 112 valence electrons. The summed E-state index contributed by atoms with van der Waals surface area (Å²) in [4.78, 5) is 16.6. The van der Waals surface area contributed by atoms with E-state index in [1.165, 1.54) is 0 Å². The third-order valence-electron chi connectivity index (χ3n) is 3.27. The Hall–Kier alpha value is -1.72. The van der Waals surface area contributed by atoms with Crippen molar-refractivity contribution >= 4 is 17.2 Å². The fraction of sp³-hybridized carbons (Fsp3) is 0.375. The summed E-state index contributed by atoms with van der Waals surface area (Å²) in [7, 11) is 0. The number of thiophene rings is 1. The number of carbonyl (C=O) groups is 1. The van der Waals surface area contributed by atoms with Gasteiger partial charge in [0.1, 0.15) is 0 Å². The molecule has 2 N–H and O–H groups in total. The first-order valence-electron chi connectivity index (χ1n) is 7.08. The molecule has 0 saturated heterocycles. The Balaban J connectivity index is 2.05. The maximum absolute atomic E-state index is 12.1. The Bertz CT molecular complexity index is 596. The fourth-order valence-corrected chi connectivity index (χ4v) is 2.76. The summed E-state index contributed by atoms with van der Waals surface area (Å²) < 4.78 is 0. The second-order valence-electron chi connectivity index (χ2n) is 4.99. The summed E-state index contributed by atoms with van der Waals surface area (Å²) in [6.07, 6.45) is 1.10. The van der Waals surface area contributed by atoms with E-state index in [0.29, 0.717) is 17.7 Å². The van der Waals surface area contributed by atoms with Crippen molar-refractivity contribution in [2.24, 2.45) is 0 Å². The summed E-state index contributed by atoms with van der Waals surface area (Å²) in [5, 5.41) is 16.4. The van der Waals surface area contributed by atoms with Crippen molar-refractivity contribution in [3.8, 4) is 11.3 Å². The minimum absolute atomic E-state index is 0.188. The predicted octanol–water partition coefficient (Wildman–Crippen LogP) is 3.01. The van der Waals surface area contributed by atoms with Gasteiger partial charge in [0.15, 0.2) is 0 Å². The molecule has 1 amide bonds. The third kappa shape index (κ3) is 4.12. The maximum atomic E-state index is 12.1. The van der Waals surface area contributed by atoms with Crippen molar-refractivity contribution < 1.29 is 9.90 Å². The van der Waals surface area contributed by atoms with Gasteiger partial charge in [0.2, 0.25) is 0 Å². The lowest BCUT2D eigenvalue weighted by atomic mass is 10.1. The fourth-order valence-electron chi connectivity index (χ4n) is 2.11. The first-order chi connectivity index (χ1) is 10.1. The van der Waals surface area contributed by atoms with Gasteiger partial charge in [-0.05, 0) is 36.9 Å². The van der Waals surface area contributed by atoms with Crippen molar-refractivity contribution in [1.29, 1.82) is 0 Å². The highest BCUT2D eigenvalue weighted by Crippen LogP contribution is 2.21. The normalized spacial score (nSPS) is 12.1. The molecule has 1 unspecified atom stereocenters. The molecule has 0 spiro atoms. The van der Waals surface area contributed by atoms with Crippen LogP contribution in [0.2, 0.25) is 0 Å². The van der Waals surface area contributed by atoms with E-state index in [9.17, 15) is 9.90 Å². The molecule has 1 atom stereocenters. The number of aliphatic hydroxyl groups is 1. The summed E-state index contributed by atoms with van der Waals surface area (Å²) in [5.41, 5.74) is 3.18. The second-order valence-corrected chi connectivity index (χ2v) is 5.77. The van der Waals surface area contributed by atoms with Gasteiger partial charge in [-0.25, -0.2) is 0 Å². The van der Waals surface area contributed by atoms with Crippen LogP contribution in [0.1, 0.15) is 35.8 Å². The largest absolute Gasteiger partial charge is 0.391 e. The van der Waals surface area contributed by atoms with Crippen LogP contribution in [0.25, 0.3) is 11.3 Å². The molecule has 0 fully saturated rings. The van der Waals surface area contributed by atoms with E-state index in [0.717, 1.165) is 17.7 Å². The van der Waals surface area contributed by atoms with Crippen LogP contribution < -0.4 is 5.32 Å². The molecular weight excluding hydrogens is 284 g/mol. The topological polar surface area (TPSA) is 62.2 Å². The molecule has 0 bridgehead atoms. The molecule has 0 aliphatic carbocycles. The van der Waals surface area contributed by atoms with Crippen LogP contribution in [0.4, 0.5) is 0 Å². The van der Waals surface area contributed by atoms with E-state index in [1.54, 1.807) is 17.4 Å². The highest BCUT2D eigenvalue weighted by atomic mass is 32.1. The number of aryl methyl sites for hydroxylation is 1. The van der Waals surface area contributed by atoms with Crippen molar-refractivity contribution in [3.63, 3.8) is 0 Å². The SMILES string of the molecule is CCCC(O)CNC(=O)c1ccc(-c2ccsc2)nc1C. The van der Waals surface area contributed by atoms with Crippen LogP contribution >= 0.6 is 11.3 Å². The molecule has 2 aromatic heterocycles. The van der Waals surface area contributed by atoms with Crippen molar-refractivity contribution in [2.45, 2.75) is 32.8 Å². The smallest absolute Gasteiger partial charge is 0.253 e. The zero-order valence-corrected chi connectivity index (χ0v) is 13.1. The third-order valence-corrected chi connectivity index (χ3v) is 3.95. The molecule has 2 rings (SSSR count). The molecule has 5 heteroatoms. The first kappa shape index (κ1) is 15.7. The number of hydrogen-bond acceptors (Lipinski definition) is 4. The summed E-state index contributed by atoms with van der Waals surface area (Å²) >= 11 is 1.62. The van der Waals surface area contributed by atoms with E-state index in [2.05, 4.69) is 10.3 Å². The second kappa shape index (κ2) is 7.33. The van der Waals surface area contributed by atoms with Gasteiger partial charge in [-0.3, -0.25) is 9.78 Å². The van der Waals surface area contributed by atoms with Crippen molar-refractivity contribution in [3.05, 3.63) is 40.2 Å². The number of amides is 1.